The van der Waals surface area contributed by atoms with Crippen molar-refractivity contribution in [2.24, 2.45) is 0 Å². The number of halogens is 1. The zero-order valence-electron chi connectivity index (χ0n) is 10.6. The fourth-order valence-corrected chi connectivity index (χ4v) is 1.74. The SMILES string of the molecule is CCOC(=O)COc1cc(-c2ccncc2Cl)n(O)n1. The second kappa shape index (κ2) is 6.25. The van der Waals surface area contributed by atoms with Crippen molar-refractivity contribution < 1.29 is 19.5 Å². The van der Waals surface area contributed by atoms with E-state index in [1.165, 1.54) is 18.5 Å². The monoisotopic (exact) mass is 297 g/mol. The molecule has 0 aliphatic carbocycles. The highest BCUT2D eigenvalue weighted by Crippen LogP contribution is 2.28. The highest BCUT2D eigenvalue weighted by molar-refractivity contribution is 6.33. The van der Waals surface area contributed by atoms with Crippen molar-refractivity contribution in [1.29, 1.82) is 0 Å². The molecule has 0 atom stereocenters. The largest absolute Gasteiger partial charge is 0.464 e. The molecular weight excluding hydrogens is 286 g/mol. The molecule has 7 nitrogen and oxygen atoms in total. The first-order valence-electron chi connectivity index (χ1n) is 5.79. The summed E-state index contributed by atoms with van der Waals surface area (Å²) in [6.07, 6.45) is 2.98. The molecule has 0 aliphatic heterocycles. The van der Waals surface area contributed by atoms with Crippen molar-refractivity contribution in [2.75, 3.05) is 13.2 Å². The predicted molar refractivity (Wildman–Crippen MR) is 69.8 cm³/mol. The van der Waals surface area contributed by atoms with Crippen molar-refractivity contribution in [3.05, 3.63) is 29.5 Å². The van der Waals surface area contributed by atoms with Crippen LogP contribution in [0.4, 0.5) is 0 Å². The molecule has 106 valence electrons. The van der Waals surface area contributed by atoms with Gasteiger partial charge in [-0.2, -0.15) is 0 Å². The van der Waals surface area contributed by atoms with Gasteiger partial charge >= 0.3 is 5.97 Å². The van der Waals surface area contributed by atoms with Gasteiger partial charge in [0.15, 0.2) is 6.61 Å². The smallest absolute Gasteiger partial charge is 0.344 e. The minimum Gasteiger partial charge on any atom is -0.464 e. The Balaban J connectivity index is 2.14. The number of hydrogen-bond donors (Lipinski definition) is 1. The van der Waals surface area contributed by atoms with Gasteiger partial charge in [0.05, 0.1) is 11.6 Å². The maximum absolute atomic E-state index is 11.2. The lowest BCUT2D eigenvalue weighted by Crippen LogP contribution is -2.14. The van der Waals surface area contributed by atoms with Crippen LogP contribution in [0.2, 0.25) is 5.02 Å². The van der Waals surface area contributed by atoms with E-state index in [1.54, 1.807) is 13.0 Å². The highest BCUT2D eigenvalue weighted by Gasteiger charge is 2.14. The Hall–Kier alpha value is -2.28. The molecule has 0 unspecified atom stereocenters. The number of hydrogen-bond acceptors (Lipinski definition) is 6. The van der Waals surface area contributed by atoms with Crippen LogP contribution in [-0.2, 0) is 9.53 Å². The van der Waals surface area contributed by atoms with Crippen LogP contribution in [0, 0.1) is 0 Å². The van der Waals surface area contributed by atoms with Gasteiger partial charge < -0.3 is 14.7 Å². The average Bonchev–Trinajstić information content (AvgIpc) is 2.79. The van der Waals surface area contributed by atoms with Gasteiger partial charge in [-0.15, -0.1) is 0 Å². The third-order valence-corrected chi connectivity index (χ3v) is 2.66. The Morgan fingerprint density at radius 2 is 2.35 bits per heavy atom. The van der Waals surface area contributed by atoms with Crippen LogP contribution < -0.4 is 4.74 Å². The average molecular weight is 298 g/mol. The van der Waals surface area contributed by atoms with Gasteiger partial charge in [-0.3, -0.25) is 4.98 Å². The van der Waals surface area contributed by atoms with Crippen LogP contribution in [0.25, 0.3) is 11.3 Å². The van der Waals surface area contributed by atoms with Crippen molar-refractivity contribution in [1.82, 2.24) is 14.9 Å². The molecule has 0 fully saturated rings. The van der Waals surface area contributed by atoms with Crippen LogP contribution in [0.5, 0.6) is 5.88 Å². The quantitative estimate of drug-likeness (QED) is 0.668. The maximum Gasteiger partial charge on any atom is 0.344 e. The van der Waals surface area contributed by atoms with Gasteiger partial charge in [-0.05, 0) is 13.0 Å². The van der Waals surface area contributed by atoms with Crippen LogP contribution in [-0.4, -0.2) is 39.3 Å². The molecule has 0 amide bonds. The molecule has 2 aromatic heterocycles. The standard InChI is InChI=1S/C12H12ClN3O4/c1-2-19-12(17)7-20-11-5-10(16(18)15-11)8-3-4-14-6-9(8)13/h3-6,18H,2,7H2,1H3. The summed E-state index contributed by atoms with van der Waals surface area (Å²) in [5, 5.41) is 13.8. The molecule has 2 heterocycles. The molecule has 2 aromatic rings. The molecule has 2 rings (SSSR count). The van der Waals surface area contributed by atoms with E-state index < -0.39 is 5.97 Å². The number of ether oxygens (including phenoxy) is 2. The first-order valence-corrected chi connectivity index (χ1v) is 6.17. The minimum absolute atomic E-state index is 0.0865. The Morgan fingerprint density at radius 3 is 3.05 bits per heavy atom. The molecule has 8 heteroatoms. The Labute approximate surface area is 119 Å². The summed E-state index contributed by atoms with van der Waals surface area (Å²) >= 11 is 5.98. The molecule has 20 heavy (non-hydrogen) atoms. The van der Waals surface area contributed by atoms with E-state index in [0.29, 0.717) is 21.1 Å². The summed E-state index contributed by atoms with van der Waals surface area (Å²) in [4.78, 5) is 15.6. The lowest BCUT2D eigenvalue weighted by Gasteiger charge is -2.01. The number of carbonyl (C=O) groups excluding carboxylic acids is 1. The molecule has 0 aliphatic rings. The third kappa shape index (κ3) is 3.18. The van der Waals surface area contributed by atoms with Crippen molar-refractivity contribution in [2.45, 2.75) is 6.92 Å². The predicted octanol–water partition coefficient (Wildman–Crippen LogP) is 1.78. The summed E-state index contributed by atoms with van der Waals surface area (Å²) < 4.78 is 9.83. The molecule has 0 spiro atoms. The summed E-state index contributed by atoms with van der Waals surface area (Å²) in [6.45, 7) is 1.69. The van der Waals surface area contributed by atoms with Crippen LogP contribution in [0.15, 0.2) is 24.5 Å². The van der Waals surface area contributed by atoms with Crippen LogP contribution >= 0.6 is 11.6 Å². The Morgan fingerprint density at radius 1 is 1.55 bits per heavy atom. The minimum atomic E-state index is -0.511. The van der Waals surface area contributed by atoms with E-state index in [0.717, 1.165) is 0 Å². The summed E-state index contributed by atoms with van der Waals surface area (Å²) in [6, 6.07) is 3.08. The highest BCUT2D eigenvalue weighted by atomic mass is 35.5. The zero-order valence-corrected chi connectivity index (χ0v) is 11.4. The van der Waals surface area contributed by atoms with E-state index in [-0.39, 0.29) is 19.1 Å². The van der Waals surface area contributed by atoms with Gasteiger partial charge in [0.2, 0.25) is 5.88 Å². The number of carbonyl (C=O) groups is 1. The molecule has 1 N–H and O–H groups in total. The first-order chi connectivity index (χ1) is 9.61. The number of nitrogens with zero attached hydrogens (tertiary/aromatic N) is 3. The van der Waals surface area contributed by atoms with Gasteiger partial charge in [-0.25, -0.2) is 4.79 Å². The van der Waals surface area contributed by atoms with Crippen molar-refractivity contribution >= 4 is 17.6 Å². The lowest BCUT2D eigenvalue weighted by atomic mass is 10.2. The van der Waals surface area contributed by atoms with Crippen LogP contribution in [0.3, 0.4) is 0 Å². The summed E-state index contributed by atoms with van der Waals surface area (Å²) in [7, 11) is 0. The van der Waals surface area contributed by atoms with E-state index in [2.05, 4.69) is 10.1 Å². The number of aromatic nitrogens is 3. The first kappa shape index (κ1) is 14.1. The Bertz CT molecular complexity index is 614. The summed E-state index contributed by atoms with van der Waals surface area (Å²) in [5.41, 5.74) is 0.874. The van der Waals surface area contributed by atoms with E-state index >= 15 is 0 Å². The fraction of sp³-hybridized carbons (Fsp3) is 0.250. The Kier molecular flexibility index (Phi) is 4.41. The zero-order chi connectivity index (χ0) is 14.5. The molecule has 0 saturated heterocycles. The van der Waals surface area contributed by atoms with Gasteiger partial charge in [0, 0.05) is 24.0 Å². The number of esters is 1. The van der Waals surface area contributed by atoms with E-state index in [1.807, 2.05) is 0 Å². The normalized spacial score (nSPS) is 10.3. The number of rotatable bonds is 5. The van der Waals surface area contributed by atoms with Gasteiger partial charge in [-0.1, -0.05) is 21.5 Å². The molecule has 0 aromatic carbocycles. The lowest BCUT2D eigenvalue weighted by molar-refractivity contribution is -0.145. The molecule has 0 saturated carbocycles. The van der Waals surface area contributed by atoms with Gasteiger partial charge in [0.25, 0.3) is 0 Å². The van der Waals surface area contributed by atoms with Gasteiger partial charge in [0.1, 0.15) is 5.69 Å². The second-order valence-corrected chi connectivity index (χ2v) is 4.11. The molecule has 0 bridgehead atoms. The molecular formula is C12H12ClN3O4. The maximum atomic E-state index is 11.2. The summed E-state index contributed by atoms with van der Waals surface area (Å²) in [5.74, 6) is -0.424. The fourth-order valence-electron chi connectivity index (χ4n) is 1.53. The van der Waals surface area contributed by atoms with E-state index in [9.17, 15) is 10.0 Å². The number of pyridine rings is 1. The second-order valence-electron chi connectivity index (χ2n) is 3.71. The van der Waals surface area contributed by atoms with Crippen molar-refractivity contribution in [3.8, 4) is 17.1 Å². The van der Waals surface area contributed by atoms with Crippen molar-refractivity contribution in [3.63, 3.8) is 0 Å². The third-order valence-electron chi connectivity index (χ3n) is 2.36. The van der Waals surface area contributed by atoms with E-state index in [4.69, 9.17) is 21.1 Å². The molecule has 0 radical (unpaired) electrons. The topological polar surface area (TPSA) is 86.5 Å². The van der Waals surface area contributed by atoms with Crippen LogP contribution in [0.1, 0.15) is 6.92 Å².